The molecule has 0 aromatic carbocycles. The van der Waals surface area contributed by atoms with Crippen LogP contribution in [0.15, 0.2) is 12.2 Å². The SMILES string of the molecule is CCCCCCCC/C=C/CO[C@H]1[C@H](O)[C@@H](O)CO[C@@H]1CO. The van der Waals surface area contributed by atoms with Gasteiger partial charge in [0.15, 0.2) is 0 Å². The summed E-state index contributed by atoms with van der Waals surface area (Å²) in [5.41, 5.74) is 0. The maximum atomic E-state index is 9.89. The average Bonchev–Trinajstić information content (AvgIpc) is 2.53. The molecule has 22 heavy (non-hydrogen) atoms. The van der Waals surface area contributed by atoms with Crippen LogP contribution in [0.4, 0.5) is 0 Å². The van der Waals surface area contributed by atoms with Gasteiger partial charge in [0.05, 0.1) is 19.8 Å². The molecule has 0 spiro atoms. The highest BCUT2D eigenvalue weighted by molar-refractivity contribution is 4.89. The largest absolute Gasteiger partial charge is 0.394 e. The predicted octanol–water partition coefficient (Wildman–Crippen LogP) is 1.79. The molecule has 1 fully saturated rings. The molecule has 1 rings (SSSR count). The van der Waals surface area contributed by atoms with Gasteiger partial charge in [-0.2, -0.15) is 0 Å². The van der Waals surface area contributed by atoms with Gasteiger partial charge >= 0.3 is 0 Å². The van der Waals surface area contributed by atoms with Gasteiger partial charge in [0.2, 0.25) is 0 Å². The van der Waals surface area contributed by atoms with Crippen LogP contribution >= 0.6 is 0 Å². The Morgan fingerprint density at radius 1 is 1.09 bits per heavy atom. The van der Waals surface area contributed by atoms with E-state index in [0.717, 1.165) is 6.42 Å². The second-order valence-electron chi connectivity index (χ2n) is 5.94. The van der Waals surface area contributed by atoms with Gasteiger partial charge in [0.1, 0.15) is 24.4 Å². The van der Waals surface area contributed by atoms with Crippen molar-refractivity contribution in [3.8, 4) is 0 Å². The zero-order valence-corrected chi connectivity index (χ0v) is 13.7. The molecular weight excluding hydrogens is 284 g/mol. The number of aliphatic hydroxyl groups excluding tert-OH is 3. The molecule has 0 unspecified atom stereocenters. The molecule has 0 amide bonds. The number of hydrogen-bond donors (Lipinski definition) is 3. The third kappa shape index (κ3) is 7.20. The monoisotopic (exact) mass is 316 g/mol. The molecule has 0 aromatic heterocycles. The Balaban J connectivity index is 2.12. The Morgan fingerprint density at radius 3 is 2.55 bits per heavy atom. The van der Waals surface area contributed by atoms with Crippen LogP contribution in [-0.4, -0.2) is 59.6 Å². The zero-order chi connectivity index (χ0) is 16.2. The number of ether oxygens (including phenoxy) is 2. The van der Waals surface area contributed by atoms with Crippen molar-refractivity contribution < 1.29 is 24.8 Å². The van der Waals surface area contributed by atoms with Crippen molar-refractivity contribution in [1.82, 2.24) is 0 Å². The van der Waals surface area contributed by atoms with Crippen molar-refractivity contribution in [2.75, 3.05) is 19.8 Å². The van der Waals surface area contributed by atoms with Gasteiger partial charge in [0.25, 0.3) is 0 Å². The maximum absolute atomic E-state index is 9.89. The van der Waals surface area contributed by atoms with Crippen molar-refractivity contribution in [1.29, 1.82) is 0 Å². The molecule has 1 aliphatic rings. The second-order valence-corrected chi connectivity index (χ2v) is 5.94. The Labute approximate surface area is 133 Å². The lowest BCUT2D eigenvalue weighted by Crippen LogP contribution is -2.55. The van der Waals surface area contributed by atoms with Crippen LogP contribution in [0.5, 0.6) is 0 Å². The summed E-state index contributed by atoms with van der Waals surface area (Å²) in [6.45, 7) is 2.37. The first kappa shape index (κ1) is 19.6. The van der Waals surface area contributed by atoms with Gasteiger partial charge in [-0.25, -0.2) is 0 Å². The molecular formula is C17H32O5. The first-order valence-corrected chi connectivity index (χ1v) is 8.55. The standard InChI is InChI=1S/C17H32O5/c1-2-3-4-5-6-7-8-9-10-11-21-17-15(12-18)22-13-14(19)16(17)20/h9-10,14-20H,2-8,11-13H2,1H3/b10-9+/t14-,15+,16+,17+/m0/s1. The van der Waals surface area contributed by atoms with Crippen LogP contribution in [0.2, 0.25) is 0 Å². The first-order valence-electron chi connectivity index (χ1n) is 8.55. The van der Waals surface area contributed by atoms with E-state index in [-0.39, 0.29) is 13.2 Å². The summed E-state index contributed by atoms with van der Waals surface area (Å²) >= 11 is 0. The number of hydrogen-bond acceptors (Lipinski definition) is 5. The van der Waals surface area contributed by atoms with E-state index in [1.165, 1.54) is 38.5 Å². The molecule has 3 N–H and O–H groups in total. The van der Waals surface area contributed by atoms with Gasteiger partial charge in [0, 0.05) is 0 Å². The summed E-state index contributed by atoms with van der Waals surface area (Å²) in [6.07, 6.45) is 9.49. The van der Waals surface area contributed by atoms with E-state index in [4.69, 9.17) is 9.47 Å². The summed E-state index contributed by atoms with van der Waals surface area (Å²) in [4.78, 5) is 0. The van der Waals surface area contributed by atoms with Crippen molar-refractivity contribution in [2.45, 2.75) is 76.3 Å². The molecule has 1 saturated heterocycles. The smallest absolute Gasteiger partial charge is 0.115 e. The highest BCUT2D eigenvalue weighted by Crippen LogP contribution is 2.18. The lowest BCUT2D eigenvalue weighted by Gasteiger charge is -2.37. The molecule has 0 saturated carbocycles. The third-order valence-electron chi connectivity index (χ3n) is 4.03. The average molecular weight is 316 g/mol. The topological polar surface area (TPSA) is 79.2 Å². The fourth-order valence-corrected chi connectivity index (χ4v) is 2.61. The predicted molar refractivity (Wildman–Crippen MR) is 85.7 cm³/mol. The lowest BCUT2D eigenvalue weighted by atomic mass is 10.0. The van der Waals surface area contributed by atoms with E-state index in [1.807, 2.05) is 6.08 Å². The molecule has 1 aliphatic heterocycles. The van der Waals surface area contributed by atoms with E-state index in [1.54, 1.807) is 0 Å². The molecule has 4 atom stereocenters. The Morgan fingerprint density at radius 2 is 1.82 bits per heavy atom. The minimum absolute atomic E-state index is 0.0279. The van der Waals surface area contributed by atoms with E-state index in [9.17, 15) is 15.3 Å². The van der Waals surface area contributed by atoms with Crippen LogP contribution in [0, 0.1) is 0 Å². The van der Waals surface area contributed by atoms with E-state index in [0.29, 0.717) is 6.61 Å². The Hall–Kier alpha value is -0.460. The fraction of sp³-hybridized carbons (Fsp3) is 0.882. The van der Waals surface area contributed by atoms with Gasteiger partial charge in [-0.1, -0.05) is 51.2 Å². The van der Waals surface area contributed by atoms with Gasteiger partial charge in [-0.05, 0) is 12.8 Å². The molecule has 130 valence electrons. The summed E-state index contributed by atoms with van der Waals surface area (Å²) in [7, 11) is 0. The highest BCUT2D eigenvalue weighted by Gasteiger charge is 2.38. The lowest BCUT2D eigenvalue weighted by molar-refractivity contribution is -0.208. The summed E-state index contributed by atoms with van der Waals surface area (Å²) in [5.74, 6) is 0. The maximum Gasteiger partial charge on any atom is 0.115 e. The van der Waals surface area contributed by atoms with Crippen molar-refractivity contribution in [3.63, 3.8) is 0 Å². The molecule has 5 heteroatoms. The van der Waals surface area contributed by atoms with Gasteiger partial charge < -0.3 is 24.8 Å². The third-order valence-corrected chi connectivity index (χ3v) is 4.03. The molecule has 0 aromatic rings. The number of rotatable bonds is 11. The Bertz CT molecular complexity index is 293. The molecule has 1 heterocycles. The Kier molecular flexibility index (Phi) is 10.7. The van der Waals surface area contributed by atoms with E-state index in [2.05, 4.69) is 13.0 Å². The quantitative estimate of drug-likeness (QED) is 0.400. The molecule has 0 aliphatic carbocycles. The van der Waals surface area contributed by atoms with Crippen molar-refractivity contribution in [3.05, 3.63) is 12.2 Å². The number of allylic oxidation sites excluding steroid dienone is 1. The normalized spacial score (nSPS) is 29.3. The summed E-state index contributed by atoms with van der Waals surface area (Å²) in [5, 5.41) is 28.7. The first-order chi connectivity index (χ1) is 10.7. The minimum Gasteiger partial charge on any atom is -0.394 e. The highest BCUT2D eigenvalue weighted by atomic mass is 16.6. The van der Waals surface area contributed by atoms with Crippen LogP contribution in [0.3, 0.4) is 0 Å². The molecule has 5 nitrogen and oxygen atoms in total. The van der Waals surface area contributed by atoms with Crippen LogP contribution < -0.4 is 0 Å². The molecule has 0 bridgehead atoms. The molecule has 0 radical (unpaired) electrons. The van der Waals surface area contributed by atoms with Crippen molar-refractivity contribution >= 4 is 0 Å². The van der Waals surface area contributed by atoms with E-state index < -0.39 is 24.4 Å². The zero-order valence-electron chi connectivity index (χ0n) is 13.7. The van der Waals surface area contributed by atoms with E-state index >= 15 is 0 Å². The van der Waals surface area contributed by atoms with Gasteiger partial charge in [-0.15, -0.1) is 0 Å². The minimum atomic E-state index is -1.02. The fourth-order valence-electron chi connectivity index (χ4n) is 2.61. The summed E-state index contributed by atoms with van der Waals surface area (Å²) in [6, 6.07) is 0. The van der Waals surface area contributed by atoms with Crippen LogP contribution in [0.25, 0.3) is 0 Å². The number of unbranched alkanes of at least 4 members (excludes halogenated alkanes) is 6. The second kappa shape index (κ2) is 12.0. The van der Waals surface area contributed by atoms with Crippen LogP contribution in [-0.2, 0) is 9.47 Å². The van der Waals surface area contributed by atoms with Gasteiger partial charge in [-0.3, -0.25) is 0 Å². The van der Waals surface area contributed by atoms with Crippen molar-refractivity contribution in [2.24, 2.45) is 0 Å². The summed E-state index contributed by atoms with van der Waals surface area (Å²) < 4.78 is 10.8. The van der Waals surface area contributed by atoms with Crippen LogP contribution in [0.1, 0.15) is 51.9 Å². The number of aliphatic hydroxyl groups is 3.